The fourth-order valence-corrected chi connectivity index (χ4v) is 2.33. The van der Waals surface area contributed by atoms with Gasteiger partial charge in [-0.2, -0.15) is 0 Å². The average molecular weight is 302 g/mol. The van der Waals surface area contributed by atoms with Gasteiger partial charge in [-0.1, -0.05) is 27.7 Å². The number of anilines is 1. The largest absolute Gasteiger partial charge is 0.334 e. The summed E-state index contributed by atoms with van der Waals surface area (Å²) >= 11 is 4.39. The molecule has 0 spiro atoms. The predicted octanol–water partition coefficient (Wildman–Crippen LogP) is 1.61. The van der Waals surface area contributed by atoms with E-state index < -0.39 is 6.04 Å². The van der Waals surface area contributed by atoms with Crippen molar-refractivity contribution in [3.63, 3.8) is 0 Å². The van der Waals surface area contributed by atoms with E-state index in [1.807, 2.05) is 0 Å². The van der Waals surface area contributed by atoms with Crippen molar-refractivity contribution in [1.82, 2.24) is 10.3 Å². The molecule has 1 aliphatic heterocycles. The molecule has 5 nitrogen and oxygen atoms in total. The Morgan fingerprint density at radius 1 is 1.69 bits per heavy atom. The molecule has 84 valence electrons. The number of carbonyl (C=O) groups excluding carboxylic acids is 2. The average Bonchev–Trinajstić information content (AvgIpc) is 2.65. The maximum absolute atomic E-state index is 11.7. The third-order valence-electron chi connectivity index (χ3n) is 1.96. The number of aromatic nitrogens is 1. The van der Waals surface area contributed by atoms with E-state index in [0.29, 0.717) is 11.6 Å². The van der Waals surface area contributed by atoms with Crippen LogP contribution in [0.5, 0.6) is 0 Å². The summed E-state index contributed by atoms with van der Waals surface area (Å²) in [5.41, 5.74) is 0. The molecule has 1 fully saturated rings. The molecule has 0 saturated carbocycles. The van der Waals surface area contributed by atoms with Crippen molar-refractivity contribution in [2.24, 2.45) is 0 Å². The van der Waals surface area contributed by atoms with Gasteiger partial charge >= 0.3 is 0 Å². The topological polar surface area (TPSA) is 71.1 Å². The van der Waals surface area contributed by atoms with Crippen LogP contribution in [0.25, 0.3) is 0 Å². The summed E-state index contributed by atoms with van der Waals surface area (Å²) in [6.07, 6.45) is 1.58. The first-order valence-corrected chi connectivity index (χ1v) is 6.29. The van der Waals surface area contributed by atoms with Crippen LogP contribution in [0, 0.1) is 0 Å². The van der Waals surface area contributed by atoms with Crippen molar-refractivity contribution in [1.29, 1.82) is 0 Å². The molecule has 1 aromatic heterocycles. The molecule has 1 saturated heterocycles. The van der Waals surface area contributed by atoms with Crippen molar-refractivity contribution in [3.05, 3.63) is 22.8 Å². The van der Waals surface area contributed by atoms with E-state index in [0.717, 1.165) is 16.2 Å². The second-order valence-electron chi connectivity index (χ2n) is 3.14. The maximum Gasteiger partial charge on any atom is 0.279 e. The molecule has 7 heteroatoms. The van der Waals surface area contributed by atoms with Gasteiger partial charge in [0.2, 0.25) is 5.91 Å². The first-order valence-electron chi connectivity index (χ1n) is 4.51. The number of nitrogens with one attached hydrogen (secondary N) is 2. The van der Waals surface area contributed by atoms with Crippen LogP contribution in [-0.2, 0) is 4.79 Å². The number of nitrogens with zero attached hydrogens (tertiary/aromatic N) is 1. The van der Waals surface area contributed by atoms with Gasteiger partial charge in [-0.05, 0) is 12.1 Å². The number of hydrogen-bond acceptors (Lipinski definition) is 4. The normalized spacial score (nSPS) is 19.3. The molecule has 0 aromatic carbocycles. The molecule has 1 aliphatic rings. The van der Waals surface area contributed by atoms with Crippen molar-refractivity contribution in [2.45, 2.75) is 6.04 Å². The summed E-state index contributed by atoms with van der Waals surface area (Å²) in [6.45, 7) is 0. The molecule has 2 rings (SSSR count). The number of amides is 2. The van der Waals surface area contributed by atoms with E-state index in [4.69, 9.17) is 0 Å². The van der Waals surface area contributed by atoms with Crippen molar-refractivity contribution in [3.8, 4) is 0 Å². The zero-order chi connectivity index (χ0) is 11.5. The van der Waals surface area contributed by atoms with E-state index in [1.54, 1.807) is 18.3 Å². The van der Waals surface area contributed by atoms with Gasteiger partial charge in [0, 0.05) is 16.4 Å². The molecule has 2 N–H and O–H groups in total. The molecular weight excluding hydrogens is 294 g/mol. The second-order valence-corrected chi connectivity index (χ2v) is 5.05. The van der Waals surface area contributed by atoms with Crippen LogP contribution in [0.15, 0.2) is 22.8 Å². The molecule has 16 heavy (non-hydrogen) atoms. The molecule has 2 amide bonds. The minimum atomic E-state index is -0.474. The molecule has 1 aromatic rings. The molecule has 1 unspecified atom stereocenters. The molecular formula is C9H8BrN3O2S. The van der Waals surface area contributed by atoms with Crippen molar-refractivity contribution in [2.75, 3.05) is 11.1 Å². The summed E-state index contributed by atoms with van der Waals surface area (Å²) in [5, 5.41) is 5.03. The van der Waals surface area contributed by atoms with Gasteiger partial charge in [0.25, 0.3) is 5.24 Å². The maximum atomic E-state index is 11.7. The Morgan fingerprint density at radius 3 is 3.12 bits per heavy atom. The molecule has 2 heterocycles. The highest BCUT2D eigenvalue weighted by Gasteiger charge is 2.28. The molecule has 0 bridgehead atoms. The summed E-state index contributed by atoms with van der Waals surface area (Å²) in [4.78, 5) is 26.6. The third-order valence-corrected chi connectivity index (χ3v) is 3.34. The van der Waals surface area contributed by atoms with Crippen LogP contribution in [0.1, 0.15) is 0 Å². The molecule has 0 aliphatic carbocycles. The third kappa shape index (κ3) is 2.73. The monoisotopic (exact) mass is 301 g/mol. The smallest absolute Gasteiger partial charge is 0.279 e. The highest BCUT2D eigenvalue weighted by molar-refractivity contribution is 9.10. The van der Waals surface area contributed by atoms with E-state index in [-0.39, 0.29) is 11.1 Å². The summed E-state index contributed by atoms with van der Waals surface area (Å²) in [7, 11) is 0. The van der Waals surface area contributed by atoms with E-state index in [1.165, 1.54) is 0 Å². The number of carbonyl (C=O) groups is 2. The Labute approximate surface area is 105 Å². The Morgan fingerprint density at radius 2 is 2.50 bits per heavy atom. The summed E-state index contributed by atoms with van der Waals surface area (Å²) in [6, 6.07) is 2.99. The first-order chi connectivity index (χ1) is 7.65. The fourth-order valence-electron chi connectivity index (χ4n) is 1.21. The first kappa shape index (κ1) is 11.4. The minimum absolute atomic E-state index is 0.164. The van der Waals surface area contributed by atoms with E-state index in [9.17, 15) is 9.59 Å². The van der Waals surface area contributed by atoms with Crippen LogP contribution >= 0.6 is 27.7 Å². The van der Waals surface area contributed by atoms with Crippen LogP contribution < -0.4 is 10.6 Å². The highest BCUT2D eigenvalue weighted by Crippen LogP contribution is 2.16. The number of halogens is 1. The lowest BCUT2D eigenvalue weighted by atomic mass is 10.3. The van der Waals surface area contributed by atoms with E-state index in [2.05, 4.69) is 31.5 Å². The Hall–Kier alpha value is -1.08. The van der Waals surface area contributed by atoms with Crippen molar-refractivity contribution < 1.29 is 9.59 Å². The zero-order valence-corrected chi connectivity index (χ0v) is 10.5. The van der Waals surface area contributed by atoms with Gasteiger partial charge in [0.1, 0.15) is 11.9 Å². The van der Waals surface area contributed by atoms with Gasteiger partial charge in [-0.3, -0.25) is 9.59 Å². The summed E-state index contributed by atoms with van der Waals surface area (Å²) < 4.78 is 0.836. The number of rotatable bonds is 2. The lowest BCUT2D eigenvalue weighted by Gasteiger charge is -2.09. The van der Waals surface area contributed by atoms with Gasteiger partial charge in [-0.15, -0.1) is 0 Å². The zero-order valence-electron chi connectivity index (χ0n) is 8.07. The van der Waals surface area contributed by atoms with Crippen LogP contribution in [0.4, 0.5) is 10.6 Å². The lowest BCUT2D eigenvalue weighted by molar-refractivity contribution is -0.117. The van der Waals surface area contributed by atoms with Crippen LogP contribution in [-0.4, -0.2) is 27.9 Å². The van der Waals surface area contributed by atoms with Crippen LogP contribution in [0.2, 0.25) is 0 Å². The SMILES string of the molecule is O=C1NC(C(=O)Nc2cc(Br)ccn2)CS1. The van der Waals surface area contributed by atoms with Gasteiger partial charge in [0.15, 0.2) is 0 Å². The minimum Gasteiger partial charge on any atom is -0.334 e. The Bertz CT molecular complexity index is 441. The predicted molar refractivity (Wildman–Crippen MR) is 65.3 cm³/mol. The summed E-state index contributed by atoms with van der Waals surface area (Å²) in [5.74, 6) is 0.674. The Kier molecular flexibility index (Phi) is 3.45. The molecule has 0 radical (unpaired) electrons. The number of thioether (sulfide) groups is 1. The van der Waals surface area contributed by atoms with Crippen LogP contribution in [0.3, 0.4) is 0 Å². The number of pyridine rings is 1. The van der Waals surface area contributed by atoms with Gasteiger partial charge in [-0.25, -0.2) is 4.98 Å². The fraction of sp³-hybridized carbons (Fsp3) is 0.222. The van der Waals surface area contributed by atoms with E-state index >= 15 is 0 Å². The highest BCUT2D eigenvalue weighted by atomic mass is 79.9. The van der Waals surface area contributed by atoms with Crippen molar-refractivity contribution >= 4 is 44.7 Å². The van der Waals surface area contributed by atoms with Gasteiger partial charge in [0.05, 0.1) is 0 Å². The molecule has 1 atom stereocenters. The Balaban J connectivity index is 1.99. The standard InChI is InChI=1S/C9H8BrN3O2S/c10-5-1-2-11-7(3-5)13-8(14)6-4-16-9(15)12-6/h1-3,6H,4H2,(H,12,15)(H,11,13,14). The number of hydrogen-bond donors (Lipinski definition) is 2. The lowest BCUT2D eigenvalue weighted by Crippen LogP contribution is -2.38. The van der Waals surface area contributed by atoms with Gasteiger partial charge < -0.3 is 10.6 Å². The second kappa shape index (κ2) is 4.84. The quantitative estimate of drug-likeness (QED) is 0.870.